The number of benzene rings is 1. The summed E-state index contributed by atoms with van der Waals surface area (Å²) < 4.78 is 4.96. The molecular weight excluding hydrogens is 364 g/mol. The first-order valence-corrected chi connectivity index (χ1v) is 9.67. The highest BCUT2D eigenvalue weighted by atomic mass is 32.1. The maximum atomic E-state index is 10.7. The van der Waals surface area contributed by atoms with Crippen LogP contribution >= 0.6 is 11.3 Å². The van der Waals surface area contributed by atoms with E-state index in [1.807, 2.05) is 30.3 Å². The number of aliphatic hydroxyl groups is 1. The number of hydrogen-bond donors (Lipinski definition) is 2. The average Bonchev–Trinajstić information content (AvgIpc) is 3.29. The Hall–Kier alpha value is -2.58. The van der Waals surface area contributed by atoms with Crippen molar-refractivity contribution in [2.75, 3.05) is 0 Å². The zero-order chi connectivity index (χ0) is 19.2. The Kier molecular flexibility index (Phi) is 6.31. The van der Waals surface area contributed by atoms with Crippen molar-refractivity contribution in [2.45, 2.75) is 38.7 Å². The van der Waals surface area contributed by atoms with Gasteiger partial charge in [-0.1, -0.05) is 66.1 Å². The molecule has 1 aromatic carbocycles. The second kappa shape index (κ2) is 8.88. The standard InChI is InChI=1S/C10H8N2O2.C9H14N2OS/c11-10(13)8-6-9(14-12-8)7-4-2-1-3-5-7;1-6(12)9-11-10-8(13-9)5-7-3-2-4-7/h1-6H,(H2,11,13);6-7,12H,2-5H2,1H3. The van der Waals surface area contributed by atoms with Crippen molar-refractivity contribution in [3.05, 3.63) is 52.1 Å². The summed E-state index contributed by atoms with van der Waals surface area (Å²) in [4.78, 5) is 10.7. The highest BCUT2D eigenvalue weighted by molar-refractivity contribution is 7.11. The van der Waals surface area contributed by atoms with Gasteiger partial charge in [-0.3, -0.25) is 4.79 Å². The fraction of sp³-hybridized carbons (Fsp3) is 0.368. The molecule has 1 atom stereocenters. The molecule has 3 N–H and O–H groups in total. The highest BCUT2D eigenvalue weighted by Crippen LogP contribution is 2.31. The molecule has 2 aromatic heterocycles. The first-order chi connectivity index (χ1) is 13.0. The van der Waals surface area contributed by atoms with Crippen LogP contribution in [0.5, 0.6) is 0 Å². The Labute approximate surface area is 161 Å². The van der Waals surface area contributed by atoms with Crippen molar-refractivity contribution in [3.63, 3.8) is 0 Å². The monoisotopic (exact) mass is 386 g/mol. The van der Waals surface area contributed by atoms with Crippen molar-refractivity contribution in [3.8, 4) is 11.3 Å². The van der Waals surface area contributed by atoms with Crippen LogP contribution in [0.1, 0.15) is 52.8 Å². The van der Waals surface area contributed by atoms with Gasteiger partial charge in [0.15, 0.2) is 11.5 Å². The molecule has 8 heteroatoms. The molecule has 0 saturated heterocycles. The molecule has 1 unspecified atom stereocenters. The smallest absolute Gasteiger partial charge is 0.270 e. The predicted molar refractivity (Wildman–Crippen MR) is 102 cm³/mol. The minimum absolute atomic E-state index is 0.142. The fourth-order valence-electron chi connectivity index (χ4n) is 2.59. The molecule has 27 heavy (non-hydrogen) atoms. The summed E-state index contributed by atoms with van der Waals surface area (Å²) in [6.07, 6.45) is 4.64. The number of carbonyl (C=O) groups excluding carboxylic acids is 1. The topological polar surface area (TPSA) is 115 Å². The molecule has 1 fully saturated rings. The van der Waals surface area contributed by atoms with E-state index in [9.17, 15) is 9.90 Å². The van der Waals surface area contributed by atoms with E-state index >= 15 is 0 Å². The molecule has 1 amide bonds. The zero-order valence-electron chi connectivity index (χ0n) is 15.0. The molecule has 0 spiro atoms. The average molecular weight is 386 g/mol. The van der Waals surface area contributed by atoms with Gasteiger partial charge < -0.3 is 15.4 Å². The van der Waals surface area contributed by atoms with Crippen molar-refractivity contribution in [2.24, 2.45) is 11.7 Å². The predicted octanol–water partition coefficient (Wildman–Crippen LogP) is 3.37. The van der Waals surface area contributed by atoms with E-state index in [0.29, 0.717) is 5.76 Å². The molecule has 1 aliphatic carbocycles. The van der Waals surface area contributed by atoms with Crippen LogP contribution in [-0.4, -0.2) is 26.4 Å². The molecule has 142 valence electrons. The molecule has 7 nitrogen and oxygen atoms in total. The summed E-state index contributed by atoms with van der Waals surface area (Å²) in [6, 6.07) is 10.9. The minimum atomic E-state index is -0.587. The van der Waals surface area contributed by atoms with E-state index in [0.717, 1.165) is 27.9 Å². The summed E-state index contributed by atoms with van der Waals surface area (Å²) in [6.45, 7) is 1.73. The van der Waals surface area contributed by atoms with Gasteiger partial charge in [-0.25, -0.2) is 0 Å². The van der Waals surface area contributed by atoms with Crippen molar-refractivity contribution < 1.29 is 14.4 Å². The third-order valence-electron chi connectivity index (χ3n) is 4.35. The lowest BCUT2D eigenvalue weighted by molar-refractivity contribution is 0.0991. The van der Waals surface area contributed by atoms with E-state index in [1.165, 1.54) is 25.3 Å². The quantitative estimate of drug-likeness (QED) is 0.694. The summed E-state index contributed by atoms with van der Waals surface area (Å²) in [5, 5.41) is 22.6. The fourth-order valence-corrected chi connectivity index (χ4v) is 3.49. The number of amides is 1. The lowest BCUT2D eigenvalue weighted by Crippen LogP contribution is -2.13. The SMILES string of the molecule is CC(O)c1nnc(CC2CCC2)s1.NC(=O)c1cc(-c2ccccc2)on1. The summed E-state index contributed by atoms with van der Waals surface area (Å²) in [5.41, 5.74) is 6.05. The van der Waals surface area contributed by atoms with Crippen LogP contribution in [0.15, 0.2) is 40.9 Å². The summed E-state index contributed by atoms with van der Waals surface area (Å²) in [7, 11) is 0. The lowest BCUT2D eigenvalue weighted by Gasteiger charge is -2.23. The Morgan fingerprint density at radius 1 is 1.33 bits per heavy atom. The molecule has 4 rings (SSSR count). The molecule has 0 aliphatic heterocycles. The highest BCUT2D eigenvalue weighted by Gasteiger charge is 2.20. The molecule has 1 saturated carbocycles. The van der Waals surface area contributed by atoms with Crippen molar-refractivity contribution in [1.82, 2.24) is 15.4 Å². The number of nitrogens with two attached hydrogens (primary N) is 1. The molecular formula is C19H22N4O3S. The summed E-state index contributed by atoms with van der Waals surface area (Å²) >= 11 is 1.55. The van der Waals surface area contributed by atoms with Gasteiger partial charge in [-0.15, -0.1) is 10.2 Å². The lowest BCUT2D eigenvalue weighted by atomic mass is 9.83. The van der Waals surface area contributed by atoms with Gasteiger partial charge in [-0.05, 0) is 12.8 Å². The number of rotatable bonds is 5. The van der Waals surface area contributed by atoms with Gasteiger partial charge in [0.1, 0.15) is 16.1 Å². The number of hydrogen-bond acceptors (Lipinski definition) is 7. The number of carbonyl (C=O) groups is 1. The van der Waals surface area contributed by atoms with E-state index in [1.54, 1.807) is 18.3 Å². The second-order valence-corrected chi connectivity index (χ2v) is 7.61. The van der Waals surface area contributed by atoms with Gasteiger partial charge in [0.25, 0.3) is 5.91 Å². The van der Waals surface area contributed by atoms with E-state index in [2.05, 4.69) is 15.4 Å². The maximum Gasteiger partial charge on any atom is 0.270 e. The van der Waals surface area contributed by atoms with Crippen LogP contribution in [0.4, 0.5) is 0 Å². The number of aromatic nitrogens is 3. The van der Waals surface area contributed by atoms with Crippen molar-refractivity contribution in [1.29, 1.82) is 0 Å². The zero-order valence-corrected chi connectivity index (χ0v) is 15.9. The Bertz CT molecular complexity index is 872. The van der Waals surface area contributed by atoms with Crippen LogP contribution in [0.25, 0.3) is 11.3 Å². The van der Waals surface area contributed by atoms with Gasteiger partial charge in [-0.2, -0.15) is 0 Å². The second-order valence-electron chi connectivity index (χ2n) is 6.52. The third-order valence-corrected chi connectivity index (χ3v) is 5.46. The number of aliphatic hydroxyl groups excluding tert-OH is 1. The molecule has 1 aliphatic rings. The maximum absolute atomic E-state index is 10.7. The molecule has 0 radical (unpaired) electrons. The van der Waals surface area contributed by atoms with E-state index in [-0.39, 0.29) is 5.69 Å². The molecule has 2 heterocycles. The van der Waals surface area contributed by atoms with Crippen LogP contribution in [0, 0.1) is 5.92 Å². The largest absolute Gasteiger partial charge is 0.386 e. The van der Waals surface area contributed by atoms with E-state index in [4.69, 9.17) is 10.3 Å². The molecule has 3 aromatic rings. The first-order valence-electron chi connectivity index (χ1n) is 8.85. The van der Waals surface area contributed by atoms with Gasteiger partial charge in [0.05, 0.1) is 0 Å². The summed E-state index contributed by atoms with van der Waals surface area (Å²) in [5.74, 6) is 0.783. The van der Waals surface area contributed by atoms with Gasteiger partial charge in [0, 0.05) is 18.1 Å². The first kappa shape index (κ1) is 19.2. The number of primary amides is 1. The van der Waals surface area contributed by atoms with Gasteiger partial charge in [0.2, 0.25) is 0 Å². The van der Waals surface area contributed by atoms with Gasteiger partial charge >= 0.3 is 0 Å². The minimum Gasteiger partial charge on any atom is -0.386 e. The Morgan fingerprint density at radius 3 is 2.59 bits per heavy atom. The molecule has 0 bridgehead atoms. The number of nitrogens with zero attached hydrogens (tertiary/aromatic N) is 3. The third kappa shape index (κ3) is 5.21. The Morgan fingerprint density at radius 2 is 2.07 bits per heavy atom. The normalized spacial score (nSPS) is 14.7. The van der Waals surface area contributed by atoms with Crippen LogP contribution < -0.4 is 5.73 Å². The van der Waals surface area contributed by atoms with Crippen LogP contribution in [0.2, 0.25) is 0 Å². The van der Waals surface area contributed by atoms with Crippen molar-refractivity contribution >= 4 is 17.2 Å². The van der Waals surface area contributed by atoms with Crippen LogP contribution in [0.3, 0.4) is 0 Å². The van der Waals surface area contributed by atoms with E-state index < -0.39 is 12.0 Å². The van der Waals surface area contributed by atoms with Crippen LogP contribution in [-0.2, 0) is 6.42 Å². The Balaban J connectivity index is 0.000000156.